The monoisotopic (exact) mass is 580 g/mol. The van der Waals surface area contributed by atoms with Crippen LogP contribution in [0.25, 0.3) is 0 Å². The molecule has 9 nitrogen and oxygen atoms in total. The Balaban J connectivity index is 1.39. The van der Waals surface area contributed by atoms with E-state index in [2.05, 4.69) is 17.1 Å². The van der Waals surface area contributed by atoms with Crippen molar-refractivity contribution in [3.05, 3.63) is 54.6 Å². The van der Waals surface area contributed by atoms with E-state index in [4.69, 9.17) is 4.74 Å². The van der Waals surface area contributed by atoms with Gasteiger partial charge in [-0.25, -0.2) is 0 Å². The zero-order chi connectivity index (χ0) is 28.8. The number of amides is 3. The van der Waals surface area contributed by atoms with Crippen molar-refractivity contribution < 1.29 is 24.2 Å². The van der Waals surface area contributed by atoms with E-state index in [9.17, 15) is 19.5 Å². The molecule has 1 N–H and O–H groups in total. The largest absolute Gasteiger partial charge is 0.394 e. The Labute approximate surface area is 246 Å². The number of aliphatic hydroxyl groups is 1. The van der Waals surface area contributed by atoms with Gasteiger partial charge < -0.3 is 24.5 Å². The highest BCUT2D eigenvalue weighted by Gasteiger charge is 2.74. The van der Waals surface area contributed by atoms with E-state index >= 15 is 0 Å². The number of hydrogen-bond donors (Lipinski definition) is 1. The van der Waals surface area contributed by atoms with Gasteiger partial charge in [-0.05, 0) is 25.5 Å². The molecule has 3 fully saturated rings. The summed E-state index contributed by atoms with van der Waals surface area (Å²) in [7, 11) is 0. The summed E-state index contributed by atoms with van der Waals surface area (Å²) in [5.41, 5.74) is 0.791. The number of hydrogen-bond acceptors (Lipinski definition) is 7. The SMILES string of the molecule is CC[C@@H](CO)N1C(=O)[C@@H]2[C@H]3C(=O)N(c4ccccc4)CC=C[C@@]3(C)S[C@@]23C=CCN(CCN2CCOCC2)C(=O)C13. The summed E-state index contributed by atoms with van der Waals surface area (Å²) in [6.45, 7) is 8.94. The topological polar surface area (TPSA) is 93.6 Å². The summed E-state index contributed by atoms with van der Waals surface area (Å²) in [5.74, 6) is -1.78. The van der Waals surface area contributed by atoms with Gasteiger partial charge in [-0.2, -0.15) is 0 Å². The molecule has 0 aromatic heterocycles. The van der Waals surface area contributed by atoms with Gasteiger partial charge >= 0.3 is 0 Å². The van der Waals surface area contributed by atoms with E-state index < -0.39 is 33.4 Å². The number of carbonyl (C=O) groups is 3. The second kappa shape index (κ2) is 11.2. The third-order valence-electron chi connectivity index (χ3n) is 9.51. The van der Waals surface area contributed by atoms with Gasteiger partial charge in [0.2, 0.25) is 17.7 Å². The molecule has 0 bridgehead atoms. The Morgan fingerprint density at radius 1 is 0.976 bits per heavy atom. The molecule has 1 spiro atoms. The molecule has 3 saturated heterocycles. The van der Waals surface area contributed by atoms with Crippen LogP contribution in [-0.4, -0.2) is 118 Å². The van der Waals surface area contributed by atoms with Crippen LogP contribution in [0.3, 0.4) is 0 Å². The molecule has 0 saturated carbocycles. The molecule has 3 amide bonds. The quantitative estimate of drug-likeness (QED) is 0.492. The van der Waals surface area contributed by atoms with Crippen molar-refractivity contribution in [1.29, 1.82) is 0 Å². The third kappa shape index (κ3) is 4.63. The molecule has 6 rings (SSSR count). The predicted molar refractivity (Wildman–Crippen MR) is 158 cm³/mol. The van der Waals surface area contributed by atoms with Crippen molar-refractivity contribution in [3.8, 4) is 0 Å². The van der Waals surface area contributed by atoms with Crippen molar-refractivity contribution in [2.75, 3.05) is 64.0 Å². The fourth-order valence-electron chi connectivity index (χ4n) is 7.44. The molecule has 0 radical (unpaired) electrons. The molecule has 1 aromatic rings. The molecular weight excluding hydrogens is 540 g/mol. The average molecular weight is 581 g/mol. The van der Waals surface area contributed by atoms with Gasteiger partial charge in [-0.3, -0.25) is 19.3 Å². The number of para-hydroxylation sites is 1. The number of likely N-dealkylation sites (tertiary alicyclic amines) is 1. The number of aliphatic hydroxyl groups excluding tert-OH is 1. The first-order chi connectivity index (χ1) is 19.8. The van der Waals surface area contributed by atoms with Crippen molar-refractivity contribution in [3.63, 3.8) is 0 Å². The second-order valence-corrected chi connectivity index (χ2v) is 13.6. The van der Waals surface area contributed by atoms with Crippen molar-refractivity contribution in [1.82, 2.24) is 14.7 Å². The Morgan fingerprint density at radius 2 is 1.71 bits per heavy atom. The number of nitrogens with zero attached hydrogens (tertiary/aromatic N) is 4. The second-order valence-electron chi connectivity index (χ2n) is 11.8. The number of ether oxygens (including phenoxy) is 1. The van der Waals surface area contributed by atoms with Gasteiger partial charge in [0.1, 0.15) is 6.04 Å². The van der Waals surface area contributed by atoms with Crippen molar-refractivity contribution >= 4 is 35.2 Å². The number of fused-ring (bicyclic) bond motifs is 2. The van der Waals surface area contributed by atoms with Gasteiger partial charge in [0.05, 0.1) is 42.4 Å². The molecule has 5 aliphatic heterocycles. The van der Waals surface area contributed by atoms with E-state index in [1.54, 1.807) is 21.6 Å². The van der Waals surface area contributed by atoms with Crippen molar-refractivity contribution in [2.45, 2.75) is 41.8 Å². The predicted octanol–water partition coefficient (Wildman–Crippen LogP) is 1.78. The summed E-state index contributed by atoms with van der Waals surface area (Å²) >= 11 is 1.58. The maximum absolute atomic E-state index is 14.6. The lowest BCUT2D eigenvalue weighted by atomic mass is 9.74. The number of morpholine rings is 1. The fourth-order valence-corrected chi connectivity index (χ4v) is 9.59. The molecule has 6 atom stereocenters. The molecule has 1 aromatic carbocycles. The Bertz CT molecular complexity index is 1230. The smallest absolute Gasteiger partial charge is 0.247 e. The lowest BCUT2D eigenvalue weighted by Crippen LogP contribution is -2.57. The molecule has 0 aliphatic carbocycles. The normalized spacial score (nSPS) is 34.4. The van der Waals surface area contributed by atoms with E-state index in [-0.39, 0.29) is 24.3 Å². The van der Waals surface area contributed by atoms with E-state index in [0.717, 1.165) is 25.3 Å². The van der Waals surface area contributed by atoms with Crippen LogP contribution in [0.5, 0.6) is 0 Å². The molecule has 220 valence electrons. The van der Waals surface area contributed by atoms with Crippen LogP contribution >= 0.6 is 11.8 Å². The highest BCUT2D eigenvalue weighted by atomic mass is 32.2. The Kier molecular flexibility index (Phi) is 7.78. The van der Waals surface area contributed by atoms with Gasteiger partial charge in [-0.15, -0.1) is 11.8 Å². The zero-order valence-corrected chi connectivity index (χ0v) is 24.7. The standard InChI is InChI=1S/C31H40N4O5S/c1-3-22(21-36)35-26-29(39)33(16-15-32-17-19-40-20-18-32)13-8-12-31(26)25(28(35)38)24-27(37)34(23-9-5-4-6-10-23)14-7-11-30(24,2)41-31/h4-12,22,24-26,36H,3,13-21H2,1-2H3/t22-,24-,25-,26?,30+,31-/m0/s1. The summed E-state index contributed by atoms with van der Waals surface area (Å²) in [6.07, 6.45) is 8.68. The van der Waals surface area contributed by atoms with Crippen LogP contribution in [0.15, 0.2) is 54.6 Å². The zero-order valence-electron chi connectivity index (χ0n) is 23.9. The summed E-state index contributed by atoms with van der Waals surface area (Å²) < 4.78 is 3.90. The van der Waals surface area contributed by atoms with Crippen LogP contribution in [0, 0.1) is 11.8 Å². The molecule has 10 heteroatoms. The first-order valence-electron chi connectivity index (χ1n) is 14.8. The first kappa shape index (κ1) is 28.5. The molecule has 5 aliphatic rings. The minimum absolute atomic E-state index is 0.0988. The van der Waals surface area contributed by atoms with E-state index in [0.29, 0.717) is 39.3 Å². The number of carbonyl (C=O) groups excluding carboxylic acids is 3. The van der Waals surface area contributed by atoms with Gasteiger partial charge in [0, 0.05) is 49.7 Å². The average Bonchev–Trinajstić information content (AvgIpc) is 3.26. The van der Waals surface area contributed by atoms with Crippen LogP contribution in [0.1, 0.15) is 20.3 Å². The van der Waals surface area contributed by atoms with Gasteiger partial charge in [0.15, 0.2) is 0 Å². The highest BCUT2D eigenvalue weighted by Crippen LogP contribution is 2.66. The number of rotatable bonds is 7. The summed E-state index contributed by atoms with van der Waals surface area (Å²) in [5, 5.41) is 10.4. The number of thioether (sulfide) groups is 1. The Hall–Kier alpha value is -2.66. The molecular formula is C31H40N4O5S. The summed E-state index contributed by atoms with van der Waals surface area (Å²) in [6, 6.07) is 8.27. The van der Waals surface area contributed by atoms with Crippen LogP contribution in [0.4, 0.5) is 5.69 Å². The highest BCUT2D eigenvalue weighted by molar-refractivity contribution is 8.02. The fraction of sp³-hybridized carbons (Fsp3) is 0.581. The number of anilines is 1. The maximum Gasteiger partial charge on any atom is 0.247 e. The van der Waals surface area contributed by atoms with Crippen LogP contribution in [0.2, 0.25) is 0 Å². The Morgan fingerprint density at radius 3 is 2.41 bits per heavy atom. The lowest BCUT2D eigenvalue weighted by molar-refractivity contribution is -0.146. The lowest BCUT2D eigenvalue weighted by Gasteiger charge is -2.40. The molecule has 5 heterocycles. The van der Waals surface area contributed by atoms with Crippen LogP contribution < -0.4 is 4.90 Å². The maximum atomic E-state index is 14.6. The number of benzene rings is 1. The van der Waals surface area contributed by atoms with E-state index in [1.807, 2.05) is 61.2 Å². The summed E-state index contributed by atoms with van der Waals surface area (Å²) in [4.78, 5) is 51.1. The third-order valence-corrected chi connectivity index (χ3v) is 11.3. The molecule has 1 unspecified atom stereocenters. The van der Waals surface area contributed by atoms with Gasteiger partial charge in [0.25, 0.3) is 0 Å². The minimum atomic E-state index is -0.913. The first-order valence-corrected chi connectivity index (χ1v) is 15.6. The van der Waals surface area contributed by atoms with Gasteiger partial charge in [-0.1, -0.05) is 49.4 Å². The van der Waals surface area contributed by atoms with Crippen LogP contribution in [-0.2, 0) is 19.1 Å². The van der Waals surface area contributed by atoms with E-state index in [1.165, 1.54) is 0 Å². The molecule has 41 heavy (non-hydrogen) atoms. The minimum Gasteiger partial charge on any atom is -0.394 e. The van der Waals surface area contributed by atoms with Crippen molar-refractivity contribution in [2.24, 2.45) is 11.8 Å².